The molecule has 2 aromatic rings. The molecule has 96 valence electrons. The van der Waals surface area contributed by atoms with Crippen LogP contribution in [0.4, 0.5) is 4.39 Å². The van der Waals surface area contributed by atoms with Crippen molar-refractivity contribution in [2.75, 3.05) is 5.43 Å². The van der Waals surface area contributed by atoms with E-state index in [0.29, 0.717) is 4.47 Å². The van der Waals surface area contributed by atoms with Crippen LogP contribution in [0.25, 0.3) is 0 Å². The Balaban J connectivity index is 2.22. The lowest BCUT2D eigenvalue weighted by Crippen LogP contribution is -2.20. The Morgan fingerprint density at radius 2 is 1.78 bits per heavy atom. The molecule has 1 unspecified atom stereocenters. The van der Waals surface area contributed by atoms with Crippen molar-refractivity contribution in [2.24, 2.45) is 0 Å². The van der Waals surface area contributed by atoms with E-state index in [1.54, 1.807) is 12.1 Å². The molecule has 0 bridgehead atoms. The topological polar surface area (TPSA) is 17.0 Å². The second kappa shape index (κ2) is 5.14. The summed E-state index contributed by atoms with van der Waals surface area (Å²) in [6.45, 7) is 6.15. The second-order valence-electron chi connectivity index (χ2n) is 4.48. The van der Waals surface area contributed by atoms with Crippen LogP contribution in [0, 0.1) is 19.7 Å². The number of hydrogen-bond acceptors (Lipinski definition) is 1. The summed E-state index contributed by atoms with van der Waals surface area (Å²) in [7, 11) is 0. The van der Waals surface area contributed by atoms with Crippen molar-refractivity contribution < 1.29 is 4.39 Å². The maximum atomic E-state index is 13.2. The van der Waals surface area contributed by atoms with Crippen molar-refractivity contribution in [2.45, 2.75) is 26.8 Å². The van der Waals surface area contributed by atoms with Gasteiger partial charge in [-0.1, -0.05) is 6.07 Å². The highest BCUT2D eigenvalue weighted by atomic mass is 79.9. The number of nitrogens with zero attached hydrogens (tertiary/aromatic N) is 1. The third-order valence-electron chi connectivity index (χ3n) is 3.04. The van der Waals surface area contributed by atoms with Crippen LogP contribution in [-0.4, -0.2) is 4.68 Å². The molecular weight excluding hydrogens is 295 g/mol. The first kappa shape index (κ1) is 13.1. The van der Waals surface area contributed by atoms with Gasteiger partial charge in [0, 0.05) is 11.4 Å². The summed E-state index contributed by atoms with van der Waals surface area (Å²) < 4.78 is 15.7. The maximum absolute atomic E-state index is 13.2. The van der Waals surface area contributed by atoms with Gasteiger partial charge in [0.15, 0.2) is 0 Å². The summed E-state index contributed by atoms with van der Waals surface area (Å²) in [4.78, 5) is 0. The monoisotopic (exact) mass is 310 g/mol. The summed E-state index contributed by atoms with van der Waals surface area (Å²) in [6.07, 6.45) is 0. The van der Waals surface area contributed by atoms with E-state index in [4.69, 9.17) is 0 Å². The fraction of sp³-hybridized carbons (Fsp3) is 0.286. The SMILES string of the molecule is Cc1ccc(C)n1NC(C)c1ccc(F)c(Br)c1. The van der Waals surface area contributed by atoms with E-state index in [0.717, 1.165) is 17.0 Å². The largest absolute Gasteiger partial charge is 0.319 e. The summed E-state index contributed by atoms with van der Waals surface area (Å²) in [5.41, 5.74) is 6.74. The molecule has 0 saturated heterocycles. The van der Waals surface area contributed by atoms with Gasteiger partial charge in [0.2, 0.25) is 0 Å². The van der Waals surface area contributed by atoms with Gasteiger partial charge in [0.25, 0.3) is 0 Å². The average Bonchev–Trinajstić information content (AvgIpc) is 2.64. The highest BCUT2D eigenvalue weighted by Gasteiger charge is 2.09. The number of benzene rings is 1. The summed E-state index contributed by atoms with van der Waals surface area (Å²) in [5, 5.41) is 0. The maximum Gasteiger partial charge on any atom is 0.137 e. The average molecular weight is 311 g/mol. The number of rotatable bonds is 3. The van der Waals surface area contributed by atoms with Crippen molar-refractivity contribution in [3.63, 3.8) is 0 Å². The molecule has 0 aliphatic rings. The zero-order chi connectivity index (χ0) is 13.3. The molecule has 0 saturated carbocycles. The minimum Gasteiger partial charge on any atom is -0.319 e. The van der Waals surface area contributed by atoms with Crippen molar-refractivity contribution in [3.8, 4) is 0 Å². The second-order valence-corrected chi connectivity index (χ2v) is 5.33. The molecule has 1 N–H and O–H groups in total. The molecule has 0 aliphatic heterocycles. The molecule has 1 aromatic heterocycles. The van der Waals surface area contributed by atoms with Gasteiger partial charge in [0.1, 0.15) is 5.82 Å². The molecule has 2 rings (SSSR count). The van der Waals surface area contributed by atoms with Crippen LogP contribution < -0.4 is 5.43 Å². The van der Waals surface area contributed by atoms with E-state index < -0.39 is 0 Å². The summed E-state index contributed by atoms with van der Waals surface area (Å²) >= 11 is 3.21. The van der Waals surface area contributed by atoms with Crippen LogP contribution in [0.3, 0.4) is 0 Å². The minimum atomic E-state index is -0.237. The molecular formula is C14H16BrFN2. The third kappa shape index (κ3) is 2.58. The molecule has 1 aromatic carbocycles. The van der Waals surface area contributed by atoms with Gasteiger partial charge in [-0.15, -0.1) is 0 Å². The Hall–Kier alpha value is -1.29. The van der Waals surface area contributed by atoms with Gasteiger partial charge >= 0.3 is 0 Å². The molecule has 0 spiro atoms. The standard InChI is InChI=1S/C14H16BrFN2/c1-9-4-5-10(2)18(9)17-11(3)12-6-7-14(16)13(15)8-12/h4-8,11,17H,1-3H3. The molecule has 1 heterocycles. The zero-order valence-corrected chi connectivity index (χ0v) is 12.3. The van der Waals surface area contributed by atoms with E-state index in [1.807, 2.05) is 18.5 Å². The smallest absolute Gasteiger partial charge is 0.137 e. The van der Waals surface area contributed by atoms with Gasteiger partial charge < -0.3 is 5.43 Å². The molecule has 0 aliphatic carbocycles. The van der Waals surface area contributed by atoms with Crippen LogP contribution in [0.1, 0.15) is 29.9 Å². The predicted octanol–water partition coefficient (Wildman–Crippen LogP) is 4.31. The van der Waals surface area contributed by atoms with Crippen molar-refractivity contribution in [1.29, 1.82) is 0 Å². The van der Waals surface area contributed by atoms with E-state index in [9.17, 15) is 4.39 Å². The fourth-order valence-corrected chi connectivity index (χ4v) is 2.32. The van der Waals surface area contributed by atoms with Crippen molar-refractivity contribution in [3.05, 3.63) is 57.6 Å². The lowest BCUT2D eigenvalue weighted by Gasteiger charge is -2.20. The summed E-state index contributed by atoms with van der Waals surface area (Å²) in [6, 6.07) is 9.32. The first-order chi connectivity index (χ1) is 8.49. The number of nitrogens with one attached hydrogen (secondary N) is 1. The van der Waals surface area contributed by atoms with Crippen molar-refractivity contribution >= 4 is 15.9 Å². The molecule has 0 amide bonds. The highest BCUT2D eigenvalue weighted by Crippen LogP contribution is 2.22. The van der Waals surface area contributed by atoms with E-state index in [1.165, 1.54) is 6.07 Å². The van der Waals surface area contributed by atoms with Crippen LogP contribution in [0.15, 0.2) is 34.8 Å². The van der Waals surface area contributed by atoms with E-state index in [-0.39, 0.29) is 11.9 Å². The zero-order valence-electron chi connectivity index (χ0n) is 10.7. The Morgan fingerprint density at radius 3 is 2.33 bits per heavy atom. The minimum absolute atomic E-state index is 0.103. The molecule has 0 fully saturated rings. The molecule has 18 heavy (non-hydrogen) atoms. The normalized spacial score (nSPS) is 12.5. The lowest BCUT2D eigenvalue weighted by atomic mass is 10.1. The Bertz CT molecular complexity index is 543. The molecule has 4 heteroatoms. The molecule has 1 atom stereocenters. The van der Waals surface area contributed by atoms with Gasteiger partial charge in [-0.25, -0.2) is 4.39 Å². The predicted molar refractivity (Wildman–Crippen MR) is 75.8 cm³/mol. The lowest BCUT2D eigenvalue weighted by molar-refractivity contribution is 0.618. The Morgan fingerprint density at radius 1 is 1.17 bits per heavy atom. The van der Waals surface area contributed by atoms with Crippen LogP contribution in [0.5, 0.6) is 0 Å². The van der Waals surface area contributed by atoms with Crippen LogP contribution in [0.2, 0.25) is 0 Å². The van der Waals surface area contributed by atoms with Gasteiger partial charge in [0.05, 0.1) is 10.5 Å². The van der Waals surface area contributed by atoms with Crippen LogP contribution >= 0.6 is 15.9 Å². The molecule has 0 radical (unpaired) electrons. The summed E-state index contributed by atoms with van der Waals surface area (Å²) in [5.74, 6) is -0.237. The Labute approximate surface area is 115 Å². The number of aromatic nitrogens is 1. The van der Waals surface area contributed by atoms with Crippen LogP contribution in [-0.2, 0) is 0 Å². The number of halogens is 2. The van der Waals surface area contributed by atoms with Gasteiger partial charge in [-0.05, 0) is 66.5 Å². The highest BCUT2D eigenvalue weighted by molar-refractivity contribution is 9.10. The quantitative estimate of drug-likeness (QED) is 0.894. The molecule has 2 nitrogen and oxygen atoms in total. The third-order valence-corrected chi connectivity index (χ3v) is 3.65. The van der Waals surface area contributed by atoms with E-state index >= 15 is 0 Å². The Kier molecular flexibility index (Phi) is 3.76. The first-order valence-electron chi connectivity index (χ1n) is 5.85. The van der Waals surface area contributed by atoms with Gasteiger partial charge in [-0.2, -0.15) is 0 Å². The van der Waals surface area contributed by atoms with Crippen molar-refractivity contribution in [1.82, 2.24) is 4.68 Å². The fourth-order valence-electron chi connectivity index (χ4n) is 1.92. The van der Waals surface area contributed by atoms with E-state index in [2.05, 4.69) is 40.4 Å². The number of hydrogen-bond donors (Lipinski definition) is 1. The number of aryl methyl sites for hydroxylation is 2. The first-order valence-corrected chi connectivity index (χ1v) is 6.65. The van der Waals surface area contributed by atoms with Gasteiger partial charge in [-0.3, -0.25) is 4.68 Å².